The Hall–Kier alpha value is -3.47. The van der Waals surface area contributed by atoms with Crippen LogP contribution in [0.5, 0.6) is 0 Å². The van der Waals surface area contributed by atoms with Crippen molar-refractivity contribution in [3.8, 4) is 11.1 Å². The summed E-state index contributed by atoms with van der Waals surface area (Å²) in [7, 11) is 0. The van der Waals surface area contributed by atoms with E-state index in [0.29, 0.717) is 0 Å². The highest BCUT2D eigenvalue weighted by Crippen LogP contribution is 2.58. The molecule has 0 bridgehead atoms. The molecule has 0 saturated heterocycles. The van der Waals surface area contributed by atoms with Crippen molar-refractivity contribution in [3.05, 3.63) is 126 Å². The zero-order valence-corrected chi connectivity index (χ0v) is 21.2. The van der Waals surface area contributed by atoms with Crippen LogP contribution in [0.2, 0.25) is 0 Å². The molecule has 0 spiro atoms. The molecule has 0 saturated carbocycles. The molecule has 0 amide bonds. The third kappa shape index (κ3) is 3.91. The number of allylic oxidation sites excluding steroid dienone is 3. The summed E-state index contributed by atoms with van der Waals surface area (Å²) in [4.78, 5) is 2.46. The summed E-state index contributed by atoms with van der Waals surface area (Å²) in [6, 6.07) is 28.5. The van der Waals surface area contributed by atoms with E-state index in [4.69, 9.17) is 5.73 Å². The van der Waals surface area contributed by atoms with Gasteiger partial charge in [0.2, 0.25) is 0 Å². The van der Waals surface area contributed by atoms with Crippen LogP contribution in [0, 0.1) is 5.92 Å². The maximum Gasteiger partial charge on any atom is 0.0845 e. The van der Waals surface area contributed by atoms with Crippen LogP contribution in [0.15, 0.2) is 120 Å². The SMILES string of the molecule is CC/C=C\C(N)C1C2=C(SC1C1C=CC=CN1)N(c1ccccc1)c1ccccc1-c1ccccc12. The van der Waals surface area contributed by atoms with Gasteiger partial charge in [-0.3, -0.25) is 0 Å². The van der Waals surface area contributed by atoms with E-state index in [9.17, 15) is 0 Å². The first-order valence-electron chi connectivity index (χ1n) is 12.7. The Kier molecular flexibility index (Phi) is 6.30. The van der Waals surface area contributed by atoms with Crippen LogP contribution in [-0.2, 0) is 0 Å². The average molecular weight is 490 g/mol. The van der Waals surface area contributed by atoms with E-state index in [2.05, 4.69) is 133 Å². The Bertz CT molecular complexity index is 1370. The van der Waals surface area contributed by atoms with Gasteiger partial charge < -0.3 is 16.0 Å². The van der Waals surface area contributed by atoms with Crippen molar-refractivity contribution in [1.82, 2.24) is 5.32 Å². The highest BCUT2D eigenvalue weighted by Gasteiger charge is 2.46. The van der Waals surface area contributed by atoms with Crippen molar-refractivity contribution in [2.75, 3.05) is 4.90 Å². The lowest BCUT2D eigenvalue weighted by atomic mass is 9.80. The molecule has 0 aromatic heterocycles. The van der Waals surface area contributed by atoms with Crippen LogP contribution in [0.3, 0.4) is 0 Å². The van der Waals surface area contributed by atoms with E-state index >= 15 is 0 Å². The van der Waals surface area contributed by atoms with Gasteiger partial charge in [-0.25, -0.2) is 0 Å². The molecule has 3 N–H and O–H groups in total. The maximum absolute atomic E-state index is 7.04. The largest absolute Gasteiger partial charge is 0.384 e. The number of fused-ring (bicyclic) bond motifs is 4. The molecule has 3 nitrogen and oxygen atoms in total. The third-order valence-corrected chi connectivity index (χ3v) is 8.70. The highest BCUT2D eigenvalue weighted by molar-refractivity contribution is 8.04. The van der Waals surface area contributed by atoms with Crippen molar-refractivity contribution < 1.29 is 0 Å². The number of benzene rings is 3. The zero-order chi connectivity index (χ0) is 24.5. The molecule has 4 unspecified atom stereocenters. The Labute approximate surface area is 218 Å². The first kappa shape index (κ1) is 23.0. The molecule has 3 heterocycles. The van der Waals surface area contributed by atoms with Crippen LogP contribution in [0.1, 0.15) is 18.9 Å². The predicted octanol–water partition coefficient (Wildman–Crippen LogP) is 7.24. The van der Waals surface area contributed by atoms with Gasteiger partial charge in [-0.05, 0) is 53.6 Å². The number of hydrogen-bond donors (Lipinski definition) is 2. The van der Waals surface area contributed by atoms with Crippen LogP contribution in [-0.4, -0.2) is 17.3 Å². The monoisotopic (exact) mass is 489 g/mol. The summed E-state index contributed by atoms with van der Waals surface area (Å²) in [6.07, 6.45) is 13.9. The Balaban J connectivity index is 1.62. The third-order valence-electron chi connectivity index (χ3n) is 7.21. The summed E-state index contributed by atoms with van der Waals surface area (Å²) in [5, 5.41) is 5.14. The van der Waals surface area contributed by atoms with Gasteiger partial charge in [-0.2, -0.15) is 0 Å². The summed E-state index contributed by atoms with van der Waals surface area (Å²) in [5.74, 6) is 0.142. The highest BCUT2D eigenvalue weighted by atomic mass is 32.2. The number of rotatable bonds is 5. The molecule has 6 rings (SSSR count). The molecule has 3 aromatic carbocycles. The summed E-state index contributed by atoms with van der Waals surface area (Å²) in [5.41, 5.74) is 14.6. The Morgan fingerprint density at radius 3 is 2.39 bits per heavy atom. The van der Waals surface area contributed by atoms with E-state index in [-0.39, 0.29) is 23.3 Å². The van der Waals surface area contributed by atoms with Gasteiger partial charge in [0.15, 0.2) is 0 Å². The molecule has 0 aliphatic carbocycles. The smallest absolute Gasteiger partial charge is 0.0845 e. The molecule has 4 heteroatoms. The number of nitrogens with one attached hydrogen (secondary N) is 1. The molecule has 36 heavy (non-hydrogen) atoms. The maximum atomic E-state index is 7.04. The first-order chi connectivity index (χ1) is 17.8. The van der Waals surface area contributed by atoms with Crippen LogP contribution >= 0.6 is 11.8 Å². The summed E-state index contributed by atoms with van der Waals surface area (Å²) >= 11 is 1.96. The standard InChI is InChI=1S/C32H31N3S/c1-2-3-18-26(33)30-29-25-17-8-7-15-23(25)24-16-9-10-20-28(24)35(22-13-5-4-6-14-22)32(29)36-31(30)27-19-11-12-21-34-27/h3-21,26-27,30-31,34H,2,33H2,1H3/b18-3-. The number of dihydropyridines is 1. The Morgan fingerprint density at radius 1 is 0.917 bits per heavy atom. The molecule has 3 aliphatic heterocycles. The normalized spacial score (nSPS) is 23.2. The Morgan fingerprint density at radius 2 is 1.64 bits per heavy atom. The van der Waals surface area contributed by atoms with Gasteiger partial charge in [0.05, 0.1) is 16.8 Å². The van der Waals surface area contributed by atoms with Crippen LogP contribution in [0.4, 0.5) is 11.4 Å². The second-order valence-electron chi connectivity index (χ2n) is 9.41. The number of nitrogens with two attached hydrogens (primary N) is 1. The van der Waals surface area contributed by atoms with Crippen molar-refractivity contribution in [3.63, 3.8) is 0 Å². The number of nitrogens with zero attached hydrogens (tertiary/aromatic N) is 1. The second-order valence-corrected chi connectivity index (χ2v) is 10.6. The number of para-hydroxylation sites is 2. The van der Waals surface area contributed by atoms with Gasteiger partial charge in [0.25, 0.3) is 0 Å². The number of thioether (sulfide) groups is 1. The minimum absolute atomic E-state index is 0.0945. The minimum atomic E-state index is -0.0945. The quantitative estimate of drug-likeness (QED) is 0.371. The van der Waals surface area contributed by atoms with Gasteiger partial charge in [0.1, 0.15) is 0 Å². The topological polar surface area (TPSA) is 41.3 Å². The van der Waals surface area contributed by atoms with E-state index in [1.807, 2.05) is 11.8 Å². The minimum Gasteiger partial charge on any atom is -0.384 e. The molecule has 3 aliphatic rings. The van der Waals surface area contributed by atoms with Crippen molar-refractivity contribution in [1.29, 1.82) is 0 Å². The van der Waals surface area contributed by atoms with Crippen molar-refractivity contribution in [2.24, 2.45) is 11.7 Å². The summed E-state index contributed by atoms with van der Waals surface area (Å²) < 4.78 is 0. The second kappa shape index (κ2) is 9.88. The van der Waals surface area contributed by atoms with E-state index in [1.54, 1.807) is 0 Å². The lowest BCUT2D eigenvalue weighted by Gasteiger charge is -2.32. The molecular formula is C32H31N3S. The van der Waals surface area contributed by atoms with Gasteiger partial charge >= 0.3 is 0 Å². The fourth-order valence-corrected chi connectivity index (χ4v) is 7.34. The summed E-state index contributed by atoms with van der Waals surface area (Å²) in [6.45, 7) is 2.17. The number of anilines is 2. The van der Waals surface area contributed by atoms with Crippen molar-refractivity contribution in [2.45, 2.75) is 30.7 Å². The van der Waals surface area contributed by atoms with Gasteiger partial charge in [-0.1, -0.05) is 91.9 Å². The van der Waals surface area contributed by atoms with Gasteiger partial charge in [-0.15, -0.1) is 11.8 Å². The molecule has 0 fully saturated rings. The van der Waals surface area contributed by atoms with E-state index < -0.39 is 0 Å². The predicted molar refractivity (Wildman–Crippen MR) is 155 cm³/mol. The number of hydrogen-bond acceptors (Lipinski definition) is 4. The van der Waals surface area contributed by atoms with E-state index in [0.717, 1.165) is 6.42 Å². The first-order valence-corrected chi connectivity index (χ1v) is 13.6. The molecular weight excluding hydrogens is 458 g/mol. The molecule has 3 aromatic rings. The molecule has 4 atom stereocenters. The average Bonchev–Trinajstić information content (AvgIpc) is 3.28. The molecule has 0 radical (unpaired) electrons. The van der Waals surface area contributed by atoms with Crippen LogP contribution < -0.4 is 16.0 Å². The fourth-order valence-electron chi connectivity index (χ4n) is 5.62. The zero-order valence-electron chi connectivity index (χ0n) is 20.4. The fraction of sp³-hybridized carbons (Fsp3) is 0.188. The van der Waals surface area contributed by atoms with E-state index in [1.165, 1.54) is 38.7 Å². The van der Waals surface area contributed by atoms with Crippen LogP contribution in [0.25, 0.3) is 16.7 Å². The van der Waals surface area contributed by atoms with Gasteiger partial charge in [0, 0.05) is 28.5 Å². The lowest BCUT2D eigenvalue weighted by molar-refractivity contribution is 0.509. The van der Waals surface area contributed by atoms with Crippen molar-refractivity contribution >= 4 is 28.7 Å². The lowest BCUT2D eigenvalue weighted by Crippen LogP contribution is -2.44. The molecule has 180 valence electrons.